The van der Waals surface area contributed by atoms with Crippen molar-refractivity contribution in [1.29, 1.82) is 0 Å². The molecule has 0 radical (unpaired) electrons. The second kappa shape index (κ2) is 19.9. The molecule has 0 saturated heterocycles. The molecule has 0 fully saturated rings. The fourth-order valence-corrected chi connectivity index (χ4v) is 5.33. The normalized spacial score (nSPS) is 12.0. The van der Waals surface area contributed by atoms with Crippen molar-refractivity contribution in [2.24, 2.45) is 5.73 Å². The molecule has 4 aromatic rings. The number of halogens is 4. The molecule has 1 heterocycles. The second-order valence-corrected chi connectivity index (χ2v) is 11.3. The van der Waals surface area contributed by atoms with Gasteiger partial charge in [0.1, 0.15) is 24.0 Å². The van der Waals surface area contributed by atoms with Crippen molar-refractivity contribution in [3.05, 3.63) is 113 Å². The van der Waals surface area contributed by atoms with E-state index in [4.69, 9.17) is 14.9 Å². The van der Waals surface area contributed by atoms with Crippen LogP contribution in [0.15, 0.2) is 77.5 Å². The number of aryl methyl sites for hydroxylation is 1. The topological polar surface area (TPSA) is 111 Å². The van der Waals surface area contributed by atoms with Gasteiger partial charge in [-0.2, -0.15) is 0 Å². The van der Waals surface area contributed by atoms with Gasteiger partial charge in [-0.3, -0.25) is 4.79 Å². The maximum absolute atomic E-state index is 14.0. The molecule has 0 aliphatic carbocycles. The molecule has 0 saturated carbocycles. The molecule has 3 aromatic carbocycles. The molecule has 12 heteroatoms. The van der Waals surface area contributed by atoms with Crippen molar-refractivity contribution in [2.45, 2.75) is 65.1 Å². The van der Waals surface area contributed by atoms with Crippen molar-refractivity contribution < 1.29 is 27.5 Å². The third kappa shape index (κ3) is 11.4. The minimum atomic E-state index is -0.880. The Morgan fingerprint density at radius 1 is 0.917 bits per heavy atom. The van der Waals surface area contributed by atoms with Gasteiger partial charge in [0.2, 0.25) is 5.89 Å². The first-order valence-electron chi connectivity index (χ1n) is 15.7. The molecule has 0 aliphatic rings. The highest BCUT2D eigenvalue weighted by Crippen LogP contribution is 2.24. The van der Waals surface area contributed by atoms with Gasteiger partial charge in [0, 0.05) is 49.4 Å². The van der Waals surface area contributed by atoms with Crippen LogP contribution in [-0.4, -0.2) is 53.5 Å². The summed E-state index contributed by atoms with van der Waals surface area (Å²) in [5, 5.41) is 3.31. The van der Waals surface area contributed by atoms with E-state index in [1.165, 1.54) is 36.2 Å². The number of carbonyl (C=O) groups excluding carboxylic acids is 2. The number of oxazole rings is 1. The number of carbonyl (C=O) groups is 2. The van der Waals surface area contributed by atoms with Gasteiger partial charge in [-0.15, -0.1) is 24.8 Å². The van der Waals surface area contributed by atoms with E-state index in [0.29, 0.717) is 36.3 Å². The summed E-state index contributed by atoms with van der Waals surface area (Å²) in [5.74, 6) is -2.11. The zero-order chi connectivity index (χ0) is 33.1. The quantitative estimate of drug-likeness (QED) is 0.119. The molecular weight excluding hydrogens is 661 g/mol. The Hall–Kier alpha value is -3.83. The fourth-order valence-electron chi connectivity index (χ4n) is 5.33. The molecular formula is C36H44Cl2F2N4O4. The number of ether oxygens (including phenoxy) is 1. The Morgan fingerprint density at radius 2 is 1.58 bits per heavy atom. The number of nitrogens with zero attached hydrogens (tertiary/aromatic N) is 2. The third-order valence-corrected chi connectivity index (χ3v) is 7.57. The van der Waals surface area contributed by atoms with Crippen molar-refractivity contribution in [1.82, 2.24) is 15.2 Å². The molecule has 1 aromatic heterocycles. The first-order valence-corrected chi connectivity index (χ1v) is 15.7. The zero-order valence-corrected chi connectivity index (χ0v) is 29.0. The van der Waals surface area contributed by atoms with E-state index in [1.54, 1.807) is 17.0 Å². The van der Waals surface area contributed by atoms with Crippen molar-refractivity contribution in [3.8, 4) is 11.5 Å². The predicted octanol–water partition coefficient (Wildman–Crippen LogP) is 7.17. The number of hydrogen-bond acceptors (Lipinski definition) is 7. The van der Waals surface area contributed by atoms with Gasteiger partial charge >= 0.3 is 5.97 Å². The van der Waals surface area contributed by atoms with E-state index in [0.717, 1.165) is 30.9 Å². The van der Waals surface area contributed by atoms with Crippen LogP contribution in [0.2, 0.25) is 0 Å². The van der Waals surface area contributed by atoms with Crippen LogP contribution in [0.4, 0.5) is 8.78 Å². The Kier molecular flexibility index (Phi) is 16.7. The summed E-state index contributed by atoms with van der Waals surface area (Å²) in [7, 11) is 0. The van der Waals surface area contributed by atoms with E-state index in [2.05, 4.69) is 29.4 Å². The summed E-state index contributed by atoms with van der Waals surface area (Å²) < 4.78 is 39.4. The minimum absolute atomic E-state index is 0. The highest BCUT2D eigenvalue weighted by atomic mass is 35.5. The summed E-state index contributed by atoms with van der Waals surface area (Å²) in [5.41, 5.74) is 10.00. The smallest absolute Gasteiger partial charge is 0.338 e. The lowest BCUT2D eigenvalue weighted by molar-refractivity contribution is 0.0238. The fraction of sp³-hybridized carbons (Fsp3) is 0.361. The Labute approximate surface area is 293 Å². The number of nitrogens with one attached hydrogen (secondary N) is 1. The number of benzene rings is 3. The molecule has 3 N–H and O–H groups in total. The van der Waals surface area contributed by atoms with Gasteiger partial charge in [0.05, 0.1) is 11.8 Å². The molecule has 1 amide bonds. The first kappa shape index (κ1) is 40.3. The van der Waals surface area contributed by atoms with Crippen molar-refractivity contribution in [3.63, 3.8) is 0 Å². The molecule has 8 nitrogen and oxygen atoms in total. The number of hydrogen-bond donors (Lipinski definition) is 2. The number of aromatic nitrogens is 1. The SMILES string of the molecule is CCCN(CCC)C(=O)c1cc(C(=O)O[C@H](CNCc2cccc(CC)c2)[C@@H](N)Cc2cc(F)cc(F)c2)cc(-c2ncco2)c1.Cl.Cl. The van der Waals surface area contributed by atoms with Crippen LogP contribution >= 0.6 is 24.8 Å². The van der Waals surface area contributed by atoms with E-state index in [1.807, 2.05) is 26.0 Å². The standard InChI is InChI=1S/C36H42F2N4O4.2ClH/c1-4-11-42(12-5-2)35(43)28-18-27(34-41-10-13-45-34)19-29(20-28)36(44)46-33(23-40-22-25-9-7-8-24(6-3)14-25)32(39)17-26-15-30(37)21-31(38)16-26;;/h7-10,13-16,18-21,32-33,40H,4-6,11-12,17,22-23,39H2,1-3H3;2*1H/t32-,33+;;/m0../s1. The Morgan fingerprint density at radius 3 is 2.21 bits per heavy atom. The average molecular weight is 706 g/mol. The molecule has 48 heavy (non-hydrogen) atoms. The Bertz CT molecular complexity index is 1580. The van der Waals surface area contributed by atoms with E-state index in [9.17, 15) is 18.4 Å². The molecule has 0 spiro atoms. The van der Waals surface area contributed by atoms with E-state index >= 15 is 0 Å². The minimum Gasteiger partial charge on any atom is -0.456 e. The number of nitrogens with two attached hydrogens (primary N) is 1. The molecule has 2 atom stereocenters. The highest BCUT2D eigenvalue weighted by molar-refractivity contribution is 5.99. The third-order valence-electron chi connectivity index (χ3n) is 7.57. The molecule has 4 rings (SSSR count). The van der Waals surface area contributed by atoms with Gasteiger partial charge in [-0.25, -0.2) is 18.6 Å². The van der Waals surface area contributed by atoms with Gasteiger partial charge in [0.25, 0.3) is 5.91 Å². The van der Waals surface area contributed by atoms with Crippen LogP contribution in [-0.2, 0) is 24.1 Å². The maximum Gasteiger partial charge on any atom is 0.338 e. The highest BCUT2D eigenvalue weighted by Gasteiger charge is 2.26. The largest absolute Gasteiger partial charge is 0.456 e. The monoisotopic (exact) mass is 704 g/mol. The van der Waals surface area contributed by atoms with Gasteiger partial charge < -0.3 is 25.1 Å². The zero-order valence-electron chi connectivity index (χ0n) is 27.4. The predicted molar refractivity (Wildman–Crippen MR) is 188 cm³/mol. The average Bonchev–Trinajstić information content (AvgIpc) is 3.58. The number of amides is 1. The lowest BCUT2D eigenvalue weighted by atomic mass is 10.0. The summed E-state index contributed by atoms with van der Waals surface area (Å²) >= 11 is 0. The van der Waals surface area contributed by atoms with Gasteiger partial charge in [-0.05, 0) is 72.7 Å². The van der Waals surface area contributed by atoms with Crippen molar-refractivity contribution in [2.75, 3.05) is 19.6 Å². The van der Waals surface area contributed by atoms with Crippen LogP contribution in [0, 0.1) is 11.6 Å². The number of esters is 1. The van der Waals surface area contributed by atoms with E-state index in [-0.39, 0.29) is 55.1 Å². The summed E-state index contributed by atoms with van der Waals surface area (Å²) in [6, 6.07) is 15.2. The lowest BCUT2D eigenvalue weighted by Crippen LogP contribution is -2.46. The maximum atomic E-state index is 14.0. The number of rotatable bonds is 16. The molecule has 0 unspecified atom stereocenters. The summed E-state index contributed by atoms with van der Waals surface area (Å²) in [6.45, 7) is 7.88. The van der Waals surface area contributed by atoms with E-state index < -0.39 is 29.7 Å². The summed E-state index contributed by atoms with van der Waals surface area (Å²) in [4.78, 5) is 33.3. The Balaban J connectivity index is 0.00000400. The van der Waals surface area contributed by atoms with Crippen LogP contribution in [0.1, 0.15) is 71.0 Å². The van der Waals surface area contributed by atoms with Crippen molar-refractivity contribution >= 4 is 36.7 Å². The molecule has 260 valence electrons. The molecule has 0 bridgehead atoms. The van der Waals surface area contributed by atoms with Crippen LogP contribution in [0.3, 0.4) is 0 Å². The van der Waals surface area contributed by atoms with Crippen LogP contribution in [0.25, 0.3) is 11.5 Å². The van der Waals surface area contributed by atoms with Gasteiger partial charge in [0.15, 0.2) is 0 Å². The van der Waals surface area contributed by atoms with Crippen LogP contribution < -0.4 is 11.1 Å². The first-order chi connectivity index (χ1) is 22.2. The lowest BCUT2D eigenvalue weighted by Gasteiger charge is -2.25. The van der Waals surface area contributed by atoms with Gasteiger partial charge in [-0.1, -0.05) is 45.0 Å². The summed E-state index contributed by atoms with van der Waals surface area (Å²) in [6.07, 6.45) is 4.53. The second-order valence-electron chi connectivity index (χ2n) is 11.3. The molecule has 0 aliphatic heterocycles. The van der Waals surface area contributed by atoms with Crippen LogP contribution in [0.5, 0.6) is 0 Å².